The van der Waals surface area contributed by atoms with Crippen LogP contribution >= 0.6 is 0 Å². The molecule has 0 radical (unpaired) electrons. The maximum Gasteiger partial charge on any atom is 0.222 e. The molecule has 0 aliphatic carbocycles. The summed E-state index contributed by atoms with van der Waals surface area (Å²) in [6.07, 6.45) is 1.89. The van der Waals surface area contributed by atoms with Gasteiger partial charge in [-0.25, -0.2) is 0 Å². The number of nitrogen functional groups attached to an aromatic ring is 1. The zero-order valence-corrected chi connectivity index (χ0v) is 11.0. The number of benzene rings is 1. The smallest absolute Gasteiger partial charge is 0.222 e. The number of hydrogen-bond donors (Lipinski definition) is 2. The standard InChI is InChI=1S/C14H21N3O/c1-9-7-12(15)5-6-13(9)17-8-11(14(16)18)4-3-10(17)2/h5-7,10-11H,3-4,8,15H2,1-2H3,(H2,16,18). The lowest BCUT2D eigenvalue weighted by atomic mass is 9.92. The molecule has 18 heavy (non-hydrogen) atoms. The molecule has 0 bridgehead atoms. The Morgan fingerprint density at radius 2 is 2.11 bits per heavy atom. The molecule has 1 aromatic carbocycles. The Labute approximate surface area is 108 Å². The lowest BCUT2D eigenvalue weighted by Crippen LogP contribution is -2.46. The first-order chi connectivity index (χ1) is 8.49. The lowest BCUT2D eigenvalue weighted by Gasteiger charge is -2.39. The SMILES string of the molecule is Cc1cc(N)ccc1N1CC(C(N)=O)CCC1C. The molecule has 1 fully saturated rings. The van der Waals surface area contributed by atoms with E-state index in [9.17, 15) is 4.79 Å². The first-order valence-electron chi connectivity index (χ1n) is 6.41. The molecule has 98 valence electrons. The third-order valence-electron chi connectivity index (χ3n) is 3.81. The maximum absolute atomic E-state index is 11.4. The third-order valence-corrected chi connectivity index (χ3v) is 3.81. The van der Waals surface area contributed by atoms with Gasteiger partial charge in [-0.1, -0.05) is 0 Å². The number of nitrogens with two attached hydrogens (primary N) is 2. The Bertz CT molecular complexity index is 458. The molecular weight excluding hydrogens is 226 g/mol. The van der Waals surface area contributed by atoms with E-state index in [1.807, 2.05) is 25.1 Å². The van der Waals surface area contributed by atoms with Crippen LogP contribution in [0.4, 0.5) is 11.4 Å². The first-order valence-corrected chi connectivity index (χ1v) is 6.41. The van der Waals surface area contributed by atoms with Gasteiger partial charge in [0.2, 0.25) is 5.91 Å². The topological polar surface area (TPSA) is 72.3 Å². The van der Waals surface area contributed by atoms with Crippen molar-refractivity contribution in [1.82, 2.24) is 0 Å². The predicted octanol–water partition coefficient (Wildman–Crippen LogP) is 1.67. The van der Waals surface area contributed by atoms with Crippen molar-refractivity contribution in [2.24, 2.45) is 11.7 Å². The average molecular weight is 247 g/mol. The second-order valence-corrected chi connectivity index (χ2v) is 5.22. The van der Waals surface area contributed by atoms with Crippen molar-refractivity contribution in [2.45, 2.75) is 32.7 Å². The van der Waals surface area contributed by atoms with Crippen LogP contribution in [-0.4, -0.2) is 18.5 Å². The van der Waals surface area contributed by atoms with Gasteiger partial charge in [0.15, 0.2) is 0 Å². The van der Waals surface area contributed by atoms with Gasteiger partial charge in [-0.3, -0.25) is 4.79 Å². The normalized spacial score (nSPS) is 24.0. The van der Waals surface area contributed by atoms with Crippen LogP contribution in [0.25, 0.3) is 0 Å². The lowest BCUT2D eigenvalue weighted by molar-refractivity contribution is -0.122. The Kier molecular flexibility index (Phi) is 3.45. The highest BCUT2D eigenvalue weighted by Crippen LogP contribution is 2.30. The summed E-state index contributed by atoms with van der Waals surface area (Å²) < 4.78 is 0. The van der Waals surface area contributed by atoms with E-state index in [1.165, 1.54) is 0 Å². The summed E-state index contributed by atoms with van der Waals surface area (Å²) in [5.74, 6) is -0.238. The molecule has 2 atom stereocenters. The molecule has 4 heteroatoms. The van der Waals surface area contributed by atoms with E-state index in [1.54, 1.807) is 0 Å². The Morgan fingerprint density at radius 3 is 2.72 bits per heavy atom. The summed E-state index contributed by atoms with van der Waals surface area (Å²) in [6.45, 7) is 4.95. The van der Waals surface area contributed by atoms with Gasteiger partial charge < -0.3 is 16.4 Å². The number of aryl methyl sites for hydroxylation is 1. The van der Waals surface area contributed by atoms with Crippen LogP contribution in [0, 0.1) is 12.8 Å². The fraction of sp³-hybridized carbons (Fsp3) is 0.500. The quantitative estimate of drug-likeness (QED) is 0.781. The van der Waals surface area contributed by atoms with E-state index in [0.717, 1.165) is 29.8 Å². The molecule has 0 spiro atoms. The average Bonchev–Trinajstić information content (AvgIpc) is 2.30. The minimum absolute atomic E-state index is 0.0434. The number of nitrogens with zero attached hydrogens (tertiary/aromatic N) is 1. The summed E-state index contributed by atoms with van der Waals surface area (Å²) in [4.78, 5) is 13.6. The molecule has 0 aromatic heterocycles. The molecule has 1 aliphatic heterocycles. The molecule has 1 saturated heterocycles. The molecule has 2 rings (SSSR count). The summed E-state index contributed by atoms with van der Waals surface area (Å²) in [6, 6.07) is 6.34. The van der Waals surface area contributed by atoms with Gasteiger partial charge in [-0.2, -0.15) is 0 Å². The van der Waals surface area contributed by atoms with Crippen molar-refractivity contribution >= 4 is 17.3 Å². The molecule has 1 amide bonds. The number of carbonyl (C=O) groups is 1. The fourth-order valence-corrected chi connectivity index (χ4v) is 2.68. The summed E-state index contributed by atoms with van der Waals surface area (Å²) in [5.41, 5.74) is 14.3. The van der Waals surface area contributed by atoms with Crippen molar-refractivity contribution in [3.8, 4) is 0 Å². The number of anilines is 2. The molecular formula is C14H21N3O. The Hall–Kier alpha value is -1.71. The number of primary amides is 1. The largest absolute Gasteiger partial charge is 0.399 e. The molecule has 1 aromatic rings. The summed E-state index contributed by atoms with van der Waals surface area (Å²) in [7, 11) is 0. The second-order valence-electron chi connectivity index (χ2n) is 5.22. The van der Waals surface area contributed by atoms with E-state index in [4.69, 9.17) is 11.5 Å². The van der Waals surface area contributed by atoms with E-state index in [0.29, 0.717) is 12.6 Å². The van der Waals surface area contributed by atoms with Gasteiger partial charge in [-0.05, 0) is 50.5 Å². The number of carbonyl (C=O) groups excluding carboxylic acids is 1. The van der Waals surface area contributed by atoms with Crippen LogP contribution in [-0.2, 0) is 4.79 Å². The zero-order chi connectivity index (χ0) is 13.3. The van der Waals surface area contributed by atoms with E-state index < -0.39 is 0 Å². The number of piperidine rings is 1. The van der Waals surface area contributed by atoms with E-state index >= 15 is 0 Å². The van der Waals surface area contributed by atoms with Gasteiger partial charge in [0, 0.05) is 24.0 Å². The van der Waals surface area contributed by atoms with Crippen molar-refractivity contribution in [3.63, 3.8) is 0 Å². The first kappa shape index (κ1) is 12.7. The minimum atomic E-state index is -0.194. The molecule has 1 aliphatic rings. The number of hydrogen-bond acceptors (Lipinski definition) is 3. The van der Waals surface area contributed by atoms with Crippen molar-refractivity contribution in [3.05, 3.63) is 23.8 Å². The highest BCUT2D eigenvalue weighted by molar-refractivity contribution is 5.78. The third kappa shape index (κ3) is 2.42. The van der Waals surface area contributed by atoms with Crippen molar-refractivity contribution in [1.29, 1.82) is 0 Å². The van der Waals surface area contributed by atoms with Crippen LogP contribution in [0.5, 0.6) is 0 Å². The van der Waals surface area contributed by atoms with Crippen LogP contribution in [0.3, 0.4) is 0 Å². The Balaban J connectivity index is 2.26. The summed E-state index contributed by atoms with van der Waals surface area (Å²) >= 11 is 0. The fourth-order valence-electron chi connectivity index (χ4n) is 2.68. The number of rotatable bonds is 2. The second kappa shape index (κ2) is 4.88. The monoisotopic (exact) mass is 247 g/mol. The van der Waals surface area contributed by atoms with E-state index in [2.05, 4.69) is 11.8 Å². The van der Waals surface area contributed by atoms with Gasteiger partial charge >= 0.3 is 0 Å². The van der Waals surface area contributed by atoms with Crippen LogP contribution in [0.1, 0.15) is 25.3 Å². The van der Waals surface area contributed by atoms with Crippen molar-refractivity contribution < 1.29 is 4.79 Å². The van der Waals surface area contributed by atoms with Crippen LogP contribution < -0.4 is 16.4 Å². The minimum Gasteiger partial charge on any atom is -0.399 e. The van der Waals surface area contributed by atoms with Gasteiger partial charge in [0.05, 0.1) is 5.92 Å². The van der Waals surface area contributed by atoms with Crippen LogP contribution in [0.2, 0.25) is 0 Å². The highest BCUT2D eigenvalue weighted by Gasteiger charge is 2.29. The van der Waals surface area contributed by atoms with Gasteiger partial charge in [0.25, 0.3) is 0 Å². The van der Waals surface area contributed by atoms with Crippen molar-refractivity contribution in [2.75, 3.05) is 17.2 Å². The van der Waals surface area contributed by atoms with Gasteiger partial charge in [-0.15, -0.1) is 0 Å². The molecule has 2 unspecified atom stereocenters. The number of amides is 1. The summed E-state index contributed by atoms with van der Waals surface area (Å²) in [5, 5.41) is 0. The van der Waals surface area contributed by atoms with E-state index in [-0.39, 0.29) is 11.8 Å². The zero-order valence-electron chi connectivity index (χ0n) is 11.0. The maximum atomic E-state index is 11.4. The molecule has 4 nitrogen and oxygen atoms in total. The predicted molar refractivity (Wildman–Crippen MR) is 74.3 cm³/mol. The molecule has 4 N–H and O–H groups in total. The van der Waals surface area contributed by atoms with Gasteiger partial charge in [0.1, 0.15) is 0 Å². The molecule has 1 heterocycles. The highest BCUT2D eigenvalue weighted by atomic mass is 16.1. The Morgan fingerprint density at radius 1 is 1.39 bits per heavy atom. The van der Waals surface area contributed by atoms with Crippen LogP contribution in [0.15, 0.2) is 18.2 Å². The molecule has 0 saturated carbocycles.